The topological polar surface area (TPSA) is 193 Å². The van der Waals surface area contributed by atoms with Crippen LogP contribution in [-0.4, -0.2) is 46.7 Å². The van der Waals surface area contributed by atoms with E-state index in [0.717, 1.165) is 0 Å². The first-order valence-electron chi connectivity index (χ1n) is 3.71. The molecule has 0 fully saturated rings. The number of aliphatic hydroxyl groups excluding tert-OH is 1. The molecule has 0 spiro atoms. The lowest BCUT2D eigenvalue weighted by atomic mass is 10.4. The number of hydrogen-bond acceptors (Lipinski definition) is 10. The van der Waals surface area contributed by atoms with Gasteiger partial charge < -0.3 is 15.2 Å². The van der Waals surface area contributed by atoms with Crippen LogP contribution in [0.1, 0.15) is 0 Å². The van der Waals surface area contributed by atoms with E-state index < -0.39 is 33.1 Å². The first kappa shape index (κ1) is 12.3. The lowest BCUT2D eigenvalue weighted by molar-refractivity contribution is -0.838. The van der Waals surface area contributed by atoms with Crippen LogP contribution in [0.2, 0.25) is 0 Å². The molecule has 0 aromatic carbocycles. The molecule has 17 heavy (non-hydrogen) atoms. The molecule has 14 heteroatoms. The van der Waals surface area contributed by atoms with Gasteiger partial charge in [-0.15, -0.1) is 0 Å². The zero-order valence-corrected chi connectivity index (χ0v) is 7.73. The van der Waals surface area contributed by atoms with Crippen LogP contribution in [0.4, 0.5) is 5.95 Å². The molecule has 14 nitrogen and oxygen atoms in total. The number of aliphatic hydroxyl groups is 1. The van der Waals surface area contributed by atoms with Crippen LogP contribution >= 0.6 is 0 Å². The fourth-order valence-electron chi connectivity index (χ4n) is 0.823. The third kappa shape index (κ3) is 1.71. The van der Waals surface area contributed by atoms with Gasteiger partial charge in [-0.2, -0.15) is 0 Å². The van der Waals surface area contributed by atoms with Crippen molar-refractivity contribution in [2.24, 2.45) is 0 Å². The number of nitro groups is 3. The summed E-state index contributed by atoms with van der Waals surface area (Å²) in [6.07, 6.45) is 0. The molecule has 0 aliphatic heterocycles. The van der Waals surface area contributed by atoms with Crippen LogP contribution in [0, 0.1) is 30.3 Å². The van der Waals surface area contributed by atoms with E-state index in [0.29, 0.717) is 0 Å². The minimum atomic E-state index is -3.33. The molecule has 0 unspecified atom stereocenters. The lowest BCUT2D eigenvalue weighted by Crippen LogP contribution is -2.53. The van der Waals surface area contributed by atoms with Crippen LogP contribution in [0.5, 0.6) is 0 Å². The van der Waals surface area contributed by atoms with Gasteiger partial charge in [-0.25, -0.2) is 0 Å². The molecule has 1 aromatic rings. The molecule has 1 N–H and O–H groups in total. The Morgan fingerprint density at radius 1 is 1.24 bits per heavy atom. The summed E-state index contributed by atoms with van der Waals surface area (Å²) >= 11 is 0. The van der Waals surface area contributed by atoms with Crippen LogP contribution < -0.4 is 0 Å². The highest BCUT2D eigenvalue weighted by Crippen LogP contribution is 2.16. The molecule has 0 radical (unpaired) electrons. The van der Waals surface area contributed by atoms with Gasteiger partial charge in [0.15, 0.2) is 0 Å². The molecule has 0 saturated carbocycles. The van der Waals surface area contributed by atoms with Crippen LogP contribution in [0.25, 0.3) is 0 Å². The van der Waals surface area contributed by atoms with Crippen molar-refractivity contribution in [2.75, 3.05) is 6.61 Å². The Hall–Kier alpha value is -2.77. The van der Waals surface area contributed by atoms with E-state index in [9.17, 15) is 30.3 Å². The summed E-state index contributed by atoms with van der Waals surface area (Å²) in [5, 5.41) is 48.5. The highest BCUT2D eigenvalue weighted by molar-refractivity contribution is 4.93. The first-order valence-corrected chi connectivity index (χ1v) is 3.71. The smallest absolute Gasteiger partial charge is 0.390 e. The van der Waals surface area contributed by atoms with Crippen molar-refractivity contribution in [3.63, 3.8) is 0 Å². The van der Waals surface area contributed by atoms with Gasteiger partial charge in [0.25, 0.3) is 0 Å². The maximum Gasteiger partial charge on any atom is 0.613 e. The molecular weight excluding hydrogens is 246 g/mol. The molecule has 0 bridgehead atoms. The Morgan fingerprint density at radius 3 is 2.06 bits per heavy atom. The van der Waals surface area contributed by atoms with Crippen LogP contribution in [0.3, 0.4) is 0 Å². The zero-order chi connectivity index (χ0) is 13.2. The molecular formula is C3H3N7O7. The Balaban J connectivity index is 3.36. The Morgan fingerprint density at radius 2 is 1.76 bits per heavy atom. The van der Waals surface area contributed by atoms with E-state index in [1.54, 1.807) is 0 Å². The predicted octanol–water partition coefficient (Wildman–Crippen LogP) is -2.26. The number of hydrogen-bond donors (Lipinski definition) is 1. The monoisotopic (exact) mass is 249 g/mol. The van der Waals surface area contributed by atoms with Gasteiger partial charge >= 0.3 is 11.7 Å². The predicted molar refractivity (Wildman–Crippen MR) is 43.5 cm³/mol. The second-order valence-electron chi connectivity index (χ2n) is 2.58. The van der Waals surface area contributed by atoms with E-state index in [4.69, 9.17) is 5.11 Å². The number of aromatic nitrogens is 4. The molecule has 92 valence electrons. The standard InChI is InChI=1S/C3H3N7O7/c11-1-3(9(14)15,10(16)17)8-5-2(4-6-8)7(12)13/h11H,1H2. The lowest BCUT2D eigenvalue weighted by Gasteiger charge is -2.09. The minimum Gasteiger partial charge on any atom is -0.390 e. The summed E-state index contributed by atoms with van der Waals surface area (Å²) in [6.45, 7) is -1.60. The van der Waals surface area contributed by atoms with Crippen molar-refractivity contribution in [1.29, 1.82) is 0 Å². The largest absolute Gasteiger partial charge is 0.613 e. The average molecular weight is 249 g/mol. The van der Waals surface area contributed by atoms with Crippen molar-refractivity contribution < 1.29 is 19.9 Å². The molecule has 1 rings (SSSR count). The first-order chi connectivity index (χ1) is 7.86. The summed E-state index contributed by atoms with van der Waals surface area (Å²) < 4.78 is 0. The van der Waals surface area contributed by atoms with Crippen LogP contribution in [-0.2, 0) is 5.79 Å². The summed E-state index contributed by atoms with van der Waals surface area (Å²) in [5.41, 5.74) is 0. The fourth-order valence-corrected chi connectivity index (χ4v) is 0.823. The van der Waals surface area contributed by atoms with Crippen molar-refractivity contribution >= 4 is 5.95 Å². The second-order valence-corrected chi connectivity index (χ2v) is 2.58. The molecule has 0 aliphatic carbocycles. The van der Waals surface area contributed by atoms with Gasteiger partial charge in [-0.1, -0.05) is 0 Å². The Kier molecular flexibility index (Phi) is 2.90. The highest BCUT2D eigenvalue weighted by atomic mass is 16.7. The van der Waals surface area contributed by atoms with Crippen molar-refractivity contribution in [3.05, 3.63) is 30.3 Å². The van der Waals surface area contributed by atoms with Gasteiger partial charge in [0.1, 0.15) is 9.85 Å². The van der Waals surface area contributed by atoms with Gasteiger partial charge in [0.05, 0.1) is 20.2 Å². The number of nitrogens with zero attached hydrogens (tertiary/aromatic N) is 7. The molecule has 0 atom stereocenters. The van der Waals surface area contributed by atoms with E-state index in [-0.39, 0.29) is 4.80 Å². The van der Waals surface area contributed by atoms with Gasteiger partial charge in [0, 0.05) is 0 Å². The molecule has 0 amide bonds. The second kappa shape index (κ2) is 4.00. The quantitative estimate of drug-likeness (QED) is 0.337. The third-order valence-electron chi connectivity index (χ3n) is 1.68. The van der Waals surface area contributed by atoms with E-state index in [2.05, 4.69) is 15.4 Å². The Bertz CT molecular complexity index is 466. The maximum absolute atomic E-state index is 10.6. The summed E-state index contributed by atoms with van der Waals surface area (Å²) in [7, 11) is 0. The highest BCUT2D eigenvalue weighted by Gasteiger charge is 2.63. The number of tetrazole rings is 1. The molecule has 1 heterocycles. The van der Waals surface area contributed by atoms with E-state index >= 15 is 0 Å². The summed E-state index contributed by atoms with van der Waals surface area (Å²) in [5.74, 6) is -4.49. The van der Waals surface area contributed by atoms with Gasteiger partial charge in [-0.3, -0.25) is 20.2 Å². The third-order valence-corrected chi connectivity index (χ3v) is 1.68. The number of rotatable bonds is 5. The van der Waals surface area contributed by atoms with Gasteiger partial charge in [0.2, 0.25) is 6.61 Å². The SMILES string of the molecule is O=[N+]([O-])c1nnn(C(CO)([N+](=O)[O-])[N+](=O)[O-])n1. The maximum atomic E-state index is 10.6. The normalized spacial score (nSPS) is 11.1. The molecule has 0 saturated heterocycles. The zero-order valence-electron chi connectivity index (χ0n) is 7.73. The molecule has 0 aliphatic rings. The molecule has 1 aromatic heterocycles. The van der Waals surface area contributed by atoms with Crippen molar-refractivity contribution in [2.45, 2.75) is 5.79 Å². The summed E-state index contributed by atoms with van der Waals surface area (Å²) in [4.78, 5) is 27.0. The summed E-state index contributed by atoms with van der Waals surface area (Å²) in [6, 6.07) is 0. The van der Waals surface area contributed by atoms with E-state index in [1.165, 1.54) is 0 Å². The van der Waals surface area contributed by atoms with Gasteiger partial charge in [-0.05, 0) is 4.92 Å². The van der Waals surface area contributed by atoms with E-state index in [1.807, 2.05) is 0 Å². The van der Waals surface area contributed by atoms with Crippen molar-refractivity contribution in [3.8, 4) is 0 Å². The van der Waals surface area contributed by atoms with Crippen molar-refractivity contribution in [1.82, 2.24) is 20.2 Å². The minimum absolute atomic E-state index is 0.231. The fraction of sp³-hybridized carbons (Fsp3) is 0.667. The van der Waals surface area contributed by atoms with Crippen LogP contribution in [0.15, 0.2) is 0 Å². The Labute approximate surface area is 89.9 Å². The average Bonchev–Trinajstić information content (AvgIpc) is 2.68.